The van der Waals surface area contributed by atoms with Gasteiger partial charge in [-0.05, 0) is 56.4 Å². The van der Waals surface area contributed by atoms with E-state index in [0.717, 1.165) is 49.0 Å². The van der Waals surface area contributed by atoms with Crippen molar-refractivity contribution >= 4 is 11.8 Å². The summed E-state index contributed by atoms with van der Waals surface area (Å²) in [5.74, 6) is 0.116. The predicted molar refractivity (Wildman–Crippen MR) is 101 cm³/mol. The maximum atomic E-state index is 13.3. The molecule has 2 amide bonds. The molecule has 1 saturated heterocycles. The number of benzene rings is 1. The van der Waals surface area contributed by atoms with Crippen molar-refractivity contribution in [1.82, 2.24) is 19.6 Å². The summed E-state index contributed by atoms with van der Waals surface area (Å²) in [6, 6.07) is 6.21. The Morgan fingerprint density at radius 1 is 0.964 bits per heavy atom. The topological polar surface area (TPSA) is 58.4 Å². The van der Waals surface area contributed by atoms with Gasteiger partial charge in [-0.2, -0.15) is 5.10 Å². The van der Waals surface area contributed by atoms with Gasteiger partial charge in [0.25, 0.3) is 5.91 Å². The largest absolute Gasteiger partial charge is 0.339 e. The number of fused-ring (bicyclic) bond motifs is 1. The second-order valence-corrected chi connectivity index (χ2v) is 7.91. The second-order valence-electron chi connectivity index (χ2n) is 7.91. The lowest BCUT2D eigenvalue weighted by atomic mass is 10.1. The van der Waals surface area contributed by atoms with Crippen LogP contribution in [0.15, 0.2) is 24.3 Å². The highest BCUT2D eigenvalue weighted by Crippen LogP contribution is 2.32. The van der Waals surface area contributed by atoms with Gasteiger partial charge >= 0.3 is 0 Å². The van der Waals surface area contributed by atoms with E-state index in [1.54, 1.807) is 16.8 Å². The molecule has 1 saturated carbocycles. The van der Waals surface area contributed by atoms with Crippen molar-refractivity contribution in [2.75, 3.05) is 26.2 Å². The monoisotopic (exact) mass is 382 g/mol. The van der Waals surface area contributed by atoms with E-state index < -0.39 is 0 Å². The summed E-state index contributed by atoms with van der Waals surface area (Å²) in [6.07, 6.45) is 4.72. The number of aromatic nitrogens is 2. The third kappa shape index (κ3) is 2.99. The van der Waals surface area contributed by atoms with Gasteiger partial charge in [-0.1, -0.05) is 0 Å². The molecule has 3 aliphatic rings. The van der Waals surface area contributed by atoms with Crippen LogP contribution in [0.25, 0.3) is 5.69 Å². The summed E-state index contributed by atoms with van der Waals surface area (Å²) in [6.45, 7) is 2.30. The number of hydrogen-bond donors (Lipinski definition) is 0. The van der Waals surface area contributed by atoms with E-state index in [4.69, 9.17) is 0 Å². The summed E-state index contributed by atoms with van der Waals surface area (Å²) in [5.41, 5.74) is 3.36. The minimum absolute atomic E-state index is 0.0578. The van der Waals surface area contributed by atoms with Gasteiger partial charge in [0.15, 0.2) is 5.69 Å². The zero-order chi connectivity index (χ0) is 19.3. The average Bonchev–Trinajstić information content (AvgIpc) is 3.35. The van der Waals surface area contributed by atoms with E-state index in [2.05, 4.69) is 5.10 Å². The van der Waals surface area contributed by atoms with Gasteiger partial charge in [0, 0.05) is 43.4 Å². The molecular weight excluding hydrogens is 359 g/mol. The van der Waals surface area contributed by atoms with Crippen LogP contribution in [0.5, 0.6) is 0 Å². The van der Waals surface area contributed by atoms with Crippen LogP contribution in [0.1, 0.15) is 41.0 Å². The minimum Gasteiger partial charge on any atom is -0.339 e. The van der Waals surface area contributed by atoms with Crippen molar-refractivity contribution in [3.8, 4) is 5.69 Å². The van der Waals surface area contributed by atoms with Crippen molar-refractivity contribution in [3.05, 3.63) is 47.0 Å². The van der Waals surface area contributed by atoms with Gasteiger partial charge in [-0.3, -0.25) is 9.59 Å². The molecule has 0 bridgehead atoms. The molecule has 28 heavy (non-hydrogen) atoms. The Bertz CT molecular complexity index is 925. The molecule has 7 heteroatoms. The number of nitrogens with zero attached hydrogens (tertiary/aromatic N) is 4. The molecule has 2 aliphatic carbocycles. The highest BCUT2D eigenvalue weighted by molar-refractivity contribution is 5.94. The number of hydrogen-bond acceptors (Lipinski definition) is 3. The van der Waals surface area contributed by atoms with Crippen LogP contribution in [0.4, 0.5) is 4.39 Å². The third-order valence-corrected chi connectivity index (χ3v) is 6.01. The summed E-state index contributed by atoms with van der Waals surface area (Å²) in [4.78, 5) is 29.1. The van der Waals surface area contributed by atoms with E-state index in [1.807, 2.05) is 9.80 Å². The molecule has 5 rings (SSSR count). The lowest BCUT2D eigenvalue weighted by Gasteiger charge is -2.34. The van der Waals surface area contributed by atoms with Crippen molar-refractivity contribution in [3.63, 3.8) is 0 Å². The Morgan fingerprint density at radius 2 is 1.64 bits per heavy atom. The van der Waals surface area contributed by atoms with E-state index >= 15 is 0 Å². The lowest BCUT2D eigenvalue weighted by molar-refractivity contribution is -0.134. The Hall–Kier alpha value is -2.70. The summed E-state index contributed by atoms with van der Waals surface area (Å²) in [7, 11) is 0. The number of amides is 2. The Morgan fingerprint density at radius 3 is 2.32 bits per heavy atom. The molecule has 0 N–H and O–H groups in total. The number of halogens is 1. The molecule has 1 aromatic carbocycles. The van der Waals surface area contributed by atoms with Crippen LogP contribution in [0.2, 0.25) is 0 Å². The standard InChI is InChI=1S/C21H23FN4O2/c22-15-6-8-16(9-7-15)26-18-3-1-2-17(18)19(23-26)21(28)25-12-10-24(11-13-25)20(27)14-4-5-14/h6-9,14H,1-5,10-13H2. The summed E-state index contributed by atoms with van der Waals surface area (Å²) < 4.78 is 15.1. The van der Waals surface area contributed by atoms with Gasteiger partial charge < -0.3 is 9.80 Å². The average molecular weight is 382 g/mol. The molecule has 0 atom stereocenters. The SMILES string of the molecule is O=C(c1nn(-c2ccc(F)cc2)c2c1CCC2)N1CCN(C(=O)C2CC2)CC1. The van der Waals surface area contributed by atoms with Gasteiger partial charge in [-0.25, -0.2) is 9.07 Å². The number of rotatable bonds is 3. The summed E-state index contributed by atoms with van der Waals surface area (Å²) >= 11 is 0. The van der Waals surface area contributed by atoms with Crippen LogP contribution >= 0.6 is 0 Å². The van der Waals surface area contributed by atoms with Gasteiger partial charge in [0.1, 0.15) is 5.82 Å². The van der Waals surface area contributed by atoms with Crippen molar-refractivity contribution < 1.29 is 14.0 Å². The fraction of sp³-hybridized carbons (Fsp3) is 0.476. The van der Waals surface area contributed by atoms with E-state index in [1.165, 1.54) is 12.1 Å². The molecular formula is C21H23FN4O2. The molecule has 1 aliphatic heterocycles. The quantitative estimate of drug-likeness (QED) is 0.818. The lowest BCUT2D eigenvalue weighted by Crippen LogP contribution is -2.51. The van der Waals surface area contributed by atoms with Crippen molar-refractivity contribution in [1.29, 1.82) is 0 Å². The molecule has 2 fully saturated rings. The highest BCUT2D eigenvalue weighted by atomic mass is 19.1. The predicted octanol–water partition coefficient (Wildman–Crippen LogP) is 2.19. The molecule has 2 heterocycles. The van der Waals surface area contributed by atoms with Crippen molar-refractivity contribution in [2.24, 2.45) is 5.92 Å². The highest BCUT2D eigenvalue weighted by Gasteiger charge is 2.36. The fourth-order valence-corrected chi connectivity index (χ4v) is 4.27. The van der Waals surface area contributed by atoms with Crippen LogP contribution < -0.4 is 0 Å². The van der Waals surface area contributed by atoms with Gasteiger partial charge in [-0.15, -0.1) is 0 Å². The first kappa shape index (κ1) is 17.4. The van der Waals surface area contributed by atoms with Crippen LogP contribution in [0, 0.1) is 11.7 Å². The molecule has 0 unspecified atom stereocenters. The van der Waals surface area contributed by atoms with Crippen LogP contribution in [-0.2, 0) is 17.6 Å². The van der Waals surface area contributed by atoms with E-state index in [-0.39, 0.29) is 23.5 Å². The normalized spacial score (nSPS) is 19.0. The molecule has 2 aromatic rings. The van der Waals surface area contributed by atoms with Gasteiger partial charge in [0.2, 0.25) is 5.91 Å². The number of piperazine rings is 1. The Labute approximate surface area is 162 Å². The minimum atomic E-state index is -0.289. The first-order valence-electron chi connectivity index (χ1n) is 10.1. The zero-order valence-corrected chi connectivity index (χ0v) is 15.7. The van der Waals surface area contributed by atoms with Crippen LogP contribution in [0.3, 0.4) is 0 Å². The second kappa shape index (κ2) is 6.72. The number of carbonyl (C=O) groups is 2. The van der Waals surface area contributed by atoms with E-state index in [0.29, 0.717) is 31.9 Å². The molecule has 6 nitrogen and oxygen atoms in total. The maximum Gasteiger partial charge on any atom is 0.274 e. The maximum absolute atomic E-state index is 13.3. The molecule has 146 valence electrons. The summed E-state index contributed by atoms with van der Waals surface area (Å²) in [5, 5.41) is 4.62. The third-order valence-electron chi connectivity index (χ3n) is 6.01. The molecule has 0 spiro atoms. The Kier molecular flexibility index (Phi) is 4.18. The van der Waals surface area contributed by atoms with Crippen LogP contribution in [-0.4, -0.2) is 57.6 Å². The van der Waals surface area contributed by atoms with Gasteiger partial charge in [0.05, 0.1) is 5.69 Å². The van der Waals surface area contributed by atoms with Crippen molar-refractivity contribution in [2.45, 2.75) is 32.1 Å². The fourth-order valence-electron chi connectivity index (χ4n) is 4.27. The molecule has 1 aromatic heterocycles. The first-order valence-corrected chi connectivity index (χ1v) is 10.1. The molecule has 0 radical (unpaired) electrons. The smallest absolute Gasteiger partial charge is 0.274 e. The first-order chi connectivity index (χ1) is 13.6. The Balaban J connectivity index is 1.36. The zero-order valence-electron chi connectivity index (χ0n) is 15.7. The van der Waals surface area contributed by atoms with E-state index in [9.17, 15) is 14.0 Å². The number of carbonyl (C=O) groups excluding carboxylic acids is 2.